The van der Waals surface area contributed by atoms with Gasteiger partial charge in [0.25, 0.3) is 5.92 Å². The Bertz CT molecular complexity index is 162. The first-order valence-electron chi connectivity index (χ1n) is 4.36. The summed E-state index contributed by atoms with van der Waals surface area (Å²) in [4.78, 5) is 10.9. The molecule has 1 amide bonds. The van der Waals surface area contributed by atoms with Gasteiger partial charge in [-0.25, -0.2) is 8.78 Å². The van der Waals surface area contributed by atoms with E-state index in [9.17, 15) is 13.6 Å². The van der Waals surface area contributed by atoms with E-state index < -0.39 is 19.0 Å². The van der Waals surface area contributed by atoms with Crippen LogP contribution in [0.1, 0.15) is 26.2 Å². The maximum Gasteiger partial charge on any atom is 0.277 e. The molecule has 0 saturated carbocycles. The Morgan fingerprint density at radius 1 is 1.54 bits per heavy atom. The summed E-state index contributed by atoms with van der Waals surface area (Å²) in [6.45, 7) is 0.537. The molecule has 0 radical (unpaired) electrons. The third kappa shape index (κ3) is 6.45. The molecule has 13 heavy (non-hydrogen) atoms. The molecule has 0 heterocycles. The van der Waals surface area contributed by atoms with Gasteiger partial charge in [-0.2, -0.15) is 0 Å². The van der Waals surface area contributed by atoms with Gasteiger partial charge >= 0.3 is 0 Å². The average Bonchev–Trinajstić information content (AvgIpc) is 2.11. The molecule has 78 valence electrons. The Kier molecular flexibility index (Phi) is 5.53. The second-order valence-corrected chi connectivity index (χ2v) is 2.94. The van der Waals surface area contributed by atoms with Gasteiger partial charge in [-0.15, -0.1) is 0 Å². The van der Waals surface area contributed by atoms with Crippen molar-refractivity contribution in [3.8, 4) is 0 Å². The summed E-state index contributed by atoms with van der Waals surface area (Å²) in [5.41, 5.74) is 4.79. The number of carbonyl (C=O) groups is 1. The highest BCUT2D eigenvalue weighted by atomic mass is 19.3. The normalized spacial score (nSPS) is 11.4. The van der Waals surface area contributed by atoms with Crippen molar-refractivity contribution < 1.29 is 13.6 Å². The Balaban J connectivity index is 3.57. The van der Waals surface area contributed by atoms with Crippen molar-refractivity contribution in [3.05, 3.63) is 0 Å². The number of alkyl halides is 2. The van der Waals surface area contributed by atoms with E-state index in [0.717, 1.165) is 12.8 Å². The molecule has 0 aromatic carbocycles. The maximum absolute atomic E-state index is 12.5. The van der Waals surface area contributed by atoms with Crippen LogP contribution in [0, 0.1) is 0 Å². The third-order valence-electron chi connectivity index (χ3n) is 1.60. The van der Waals surface area contributed by atoms with E-state index in [1.807, 2.05) is 6.92 Å². The number of amides is 1. The highest BCUT2D eigenvalue weighted by Gasteiger charge is 2.26. The first kappa shape index (κ1) is 12.3. The van der Waals surface area contributed by atoms with Crippen LogP contribution in [0.25, 0.3) is 0 Å². The zero-order valence-corrected chi connectivity index (χ0v) is 7.78. The van der Waals surface area contributed by atoms with Gasteiger partial charge in [0.15, 0.2) is 0 Å². The number of halogens is 2. The zero-order valence-electron chi connectivity index (χ0n) is 7.78. The first-order valence-corrected chi connectivity index (χ1v) is 4.36. The van der Waals surface area contributed by atoms with Gasteiger partial charge in [0.05, 0.1) is 13.1 Å². The largest absolute Gasteiger partial charge is 0.350 e. The van der Waals surface area contributed by atoms with Gasteiger partial charge < -0.3 is 11.1 Å². The highest BCUT2D eigenvalue weighted by molar-refractivity contribution is 5.75. The van der Waals surface area contributed by atoms with E-state index in [2.05, 4.69) is 5.32 Å². The Hall–Kier alpha value is -0.710. The summed E-state index contributed by atoms with van der Waals surface area (Å²) in [6.07, 6.45) is 1.90. The predicted octanol–water partition coefficient (Wildman–Crippen LogP) is 0.887. The fourth-order valence-electron chi connectivity index (χ4n) is 0.726. The zero-order chi connectivity index (χ0) is 10.3. The molecule has 0 unspecified atom stereocenters. The average molecular weight is 194 g/mol. The number of nitrogens with two attached hydrogens (primary N) is 1. The van der Waals surface area contributed by atoms with Crippen LogP contribution in [0.3, 0.4) is 0 Å². The smallest absolute Gasteiger partial charge is 0.277 e. The molecule has 0 aliphatic heterocycles. The summed E-state index contributed by atoms with van der Waals surface area (Å²) in [5, 5.41) is 2.14. The molecule has 0 aliphatic carbocycles. The summed E-state index contributed by atoms with van der Waals surface area (Å²) in [7, 11) is 0. The number of hydrogen-bond acceptors (Lipinski definition) is 2. The van der Waals surface area contributed by atoms with Gasteiger partial charge in [-0.3, -0.25) is 4.79 Å². The second kappa shape index (κ2) is 5.85. The van der Waals surface area contributed by atoms with Crippen LogP contribution in [-0.4, -0.2) is 24.9 Å². The molecule has 0 aromatic heterocycles. The van der Waals surface area contributed by atoms with Gasteiger partial charge in [-0.1, -0.05) is 13.3 Å². The topological polar surface area (TPSA) is 55.1 Å². The summed E-state index contributed by atoms with van der Waals surface area (Å²) in [6, 6.07) is 0. The molecule has 0 aliphatic rings. The van der Waals surface area contributed by atoms with Gasteiger partial charge in [0.2, 0.25) is 5.91 Å². The number of nitrogens with one attached hydrogen (secondary N) is 1. The number of hydrogen-bond donors (Lipinski definition) is 2. The van der Waals surface area contributed by atoms with Crippen molar-refractivity contribution >= 4 is 5.91 Å². The van der Waals surface area contributed by atoms with Crippen LogP contribution >= 0.6 is 0 Å². The van der Waals surface area contributed by atoms with Gasteiger partial charge in [0.1, 0.15) is 0 Å². The van der Waals surface area contributed by atoms with E-state index >= 15 is 0 Å². The van der Waals surface area contributed by atoms with Crippen molar-refractivity contribution in [1.29, 1.82) is 0 Å². The van der Waals surface area contributed by atoms with E-state index in [1.165, 1.54) is 0 Å². The summed E-state index contributed by atoms with van der Waals surface area (Å²) < 4.78 is 25.0. The molecular formula is C8H16F2N2O. The van der Waals surface area contributed by atoms with Gasteiger partial charge in [0, 0.05) is 6.42 Å². The minimum absolute atomic E-state index is 0.303. The molecule has 0 atom stereocenters. The monoisotopic (exact) mass is 194 g/mol. The third-order valence-corrected chi connectivity index (χ3v) is 1.60. The minimum atomic E-state index is -2.98. The Labute approximate surface area is 76.7 Å². The number of unbranched alkanes of at least 4 members (excludes halogenated alkanes) is 1. The fourth-order valence-corrected chi connectivity index (χ4v) is 0.726. The van der Waals surface area contributed by atoms with Crippen LogP contribution in [0.15, 0.2) is 0 Å². The molecular weight excluding hydrogens is 178 g/mol. The molecule has 3 N–H and O–H groups in total. The molecule has 0 spiro atoms. The van der Waals surface area contributed by atoms with Crippen molar-refractivity contribution in [3.63, 3.8) is 0 Å². The lowest BCUT2D eigenvalue weighted by molar-refractivity contribution is -0.123. The Morgan fingerprint density at radius 3 is 2.62 bits per heavy atom. The van der Waals surface area contributed by atoms with Gasteiger partial charge in [-0.05, 0) is 6.42 Å². The summed E-state index contributed by atoms with van der Waals surface area (Å²) >= 11 is 0. The second-order valence-electron chi connectivity index (χ2n) is 2.94. The standard InChI is InChI=1S/C8H16F2N2O/c1-2-3-4-7(13)12-6-8(9,10)5-11/h2-6,11H2,1H3,(H,12,13). The number of carbonyl (C=O) groups excluding carboxylic acids is 1. The maximum atomic E-state index is 12.5. The molecule has 0 saturated heterocycles. The lowest BCUT2D eigenvalue weighted by Gasteiger charge is -2.14. The van der Waals surface area contributed by atoms with Crippen LogP contribution in [0.4, 0.5) is 8.78 Å². The van der Waals surface area contributed by atoms with E-state index in [4.69, 9.17) is 5.73 Å². The van der Waals surface area contributed by atoms with Crippen LogP contribution in [0.5, 0.6) is 0 Å². The minimum Gasteiger partial charge on any atom is -0.350 e. The molecule has 0 aromatic rings. The van der Waals surface area contributed by atoms with Crippen molar-refractivity contribution in [1.82, 2.24) is 5.32 Å². The quantitative estimate of drug-likeness (QED) is 0.659. The van der Waals surface area contributed by atoms with Crippen molar-refractivity contribution in [2.75, 3.05) is 13.1 Å². The SMILES string of the molecule is CCCCC(=O)NCC(F)(F)CN. The summed E-state index contributed by atoms with van der Waals surface area (Å²) in [5.74, 6) is -3.32. The molecule has 0 fully saturated rings. The highest BCUT2D eigenvalue weighted by Crippen LogP contribution is 2.08. The van der Waals surface area contributed by atoms with Crippen LogP contribution in [0.2, 0.25) is 0 Å². The fraction of sp³-hybridized carbons (Fsp3) is 0.875. The molecule has 3 nitrogen and oxygen atoms in total. The Morgan fingerprint density at radius 2 is 2.15 bits per heavy atom. The number of rotatable bonds is 6. The van der Waals surface area contributed by atoms with E-state index in [1.54, 1.807) is 0 Å². The van der Waals surface area contributed by atoms with E-state index in [-0.39, 0.29) is 5.91 Å². The molecule has 5 heteroatoms. The lowest BCUT2D eigenvalue weighted by Crippen LogP contribution is -2.41. The van der Waals surface area contributed by atoms with Crippen LogP contribution < -0.4 is 11.1 Å². The van der Waals surface area contributed by atoms with Crippen molar-refractivity contribution in [2.45, 2.75) is 32.1 Å². The van der Waals surface area contributed by atoms with Crippen LogP contribution in [-0.2, 0) is 4.79 Å². The predicted molar refractivity (Wildman–Crippen MR) is 46.5 cm³/mol. The molecule has 0 bridgehead atoms. The first-order chi connectivity index (χ1) is 6.02. The lowest BCUT2D eigenvalue weighted by atomic mass is 10.2. The van der Waals surface area contributed by atoms with Crippen molar-refractivity contribution in [2.24, 2.45) is 5.73 Å². The van der Waals surface area contributed by atoms with E-state index in [0.29, 0.717) is 6.42 Å². The molecule has 0 rings (SSSR count).